The van der Waals surface area contributed by atoms with Crippen molar-refractivity contribution < 1.29 is 9.18 Å². The second kappa shape index (κ2) is 5.93. The Morgan fingerprint density at radius 2 is 2.11 bits per heavy atom. The standard InChI is InChI=1S/C14H12BrFN2O/c1-9(12-7-2-3-8-17-12)18-14(19)10-5-4-6-11(15)13(10)16/h2-9H,1H3,(H,18,19). The molecule has 2 aromatic rings. The number of hydrogen-bond acceptors (Lipinski definition) is 2. The number of amides is 1. The molecule has 0 fully saturated rings. The third-order valence-corrected chi connectivity index (χ3v) is 3.29. The molecule has 1 aromatic carbocycles. The number of carbonyl (C=O) groups excluding carboxylic acids is 1. The van der Waals surface area contributed by atoms with Crippen molar-refractivity contribution in [3.05, 3.63) is 64.1 Å². The number of aromatic nitrogens is 1. The van der Waals surface area contributed by atoms with Gasteiger partial charge in [0.15, 0.2) is 0 Å². The first-order valence-electron chi connectivity index (χ1n) is 5.75. The normalized spacial score (nSPS) is 11.9. The number of nitrogens with zero attached hydrogens (tertiary/aromatic N) is 1. The predicted molar refractivity (Wildman–Crippen MR) is 74.2 cm³/mol. The maximum Gasteiger partial charge on any atom is 0.254 e. The molecule has 0 radical (unpaired) electrons. The SMILES string of the molecule is CC(NC(=O)c1cccc(Br)c1F)c1ccccn1. The summed E-state index contributed by atoms with van der Waals surface area (Å²) in [5.74, 6) is -1.02. The van der Waals surface area contributed by atoms with Crippen LogP contribution in [0, 0.1) is 5.82 Å². The van der Waals surface area contributed by atoms with E-state index in [4.69, 9.17) is 0 Å². The van der Waals surface area contributed by atoms with Gasteiger partial charge < -0.3 is 5.32 Å². The number of carbonyl (C=O) groups is 1. The Labute approximate surface area is 119 Å². The molecule has 0 saturated heterocycles. The van der Waals surface area contributed by atoms with Crippen LogP contribution in [0.15, 0.2) is 47.1 Å². The second-order valence-electron chi connectivity index (χ2n) is 4.05. The van der Waals surface area contributed by atoms with E-state index in [1.165, 1.54) is 6.07 Å². The van der Waals surface area contributed by atoms with Gasteiger partial charge >= 0.3 is 0 Å². The van der Waals surface area contributed by atoms with Crippen LogP contribution in [0.2, 0.25) is 0 Å². The van der Waals surface area contributed by atoms with Crippen molar-refractivity contribution in [1.29, 1.82) is 0 Å². The highest BCUT2D eigenvalue weighted by Crippen LogP contribution is 2.19. The molecule has 2 rings (SSSR count). The number of halogens is 2. The minimum absolute atomic E-state index is 0.0113. The molecule has 5 heteroatoms. The van der Waals surface area contributed by atoms with Crippen LogP contribution < -0.4 is 5.32 Å². The van der Waals surface area contributed by atoms with Crippen LogP contribution in [0.1, 0.15) is 29.0 Å². The third-order valence-electron chi connectivity index (χ3n) is 2.68. The number of benzene rings is 1. The van der Waals surface area contributed by atoms with Crippen molar-refractivity contribution in [3.63, 3.8) is 0 Å². The highest BCUT2D eigenvalue weighted by atomic mass is 79.9. The number of nitrogens with one attached hydrogen (secondary N) is 1. The highest BCUT2D eigenvalue weighted by molar-refractivity contribution is 9.10. The van der Waals surface area contributed by atoms with Crippen molar-refractivity contribution in [2.24, 2.45) is 0 Å². The maximum atomic E-state index is 13.8. The molecule has 0 aliphatic rings. The topological polar surface area (TPSA) is 42.0 Å². The smallest absolute Gasteiger partial charge is 0.254 e. The average Bonchev–Trinajstić information content (AvgIpc) is 2.42. The van der Waals surface area contributed by atoms with Gasteiger partial charge in [0.25, 0.3) is 5.91 Å². The average molecular weight is 323 g/mol. The van der Waals surface area contributed by atoms with E-state index in [1.54, 1.807) is 31.3 Å². The number of hydrogen-bond donors (Lipinski definition) is 1. The summed E-state index contributed by atoms with van der Waals surface area (Å²) in [4.78, 5) is 16.1. The zero-order valence-corrected chi connectivity index (χ0v) is 11.8. The predicted octanol–water partition coefficient (Wildman–Crippen LogP) is 3.47. The summed E-state index contributed by atoms with van der Waals surface area (Å²) in [6, 6.07) is 9.77. The fourth-order valence-electron chi connectivity index (χ4n) is 1.66. The summed E-state index contributed by atoms with van der Waals surface area (Å²) in [6.07, 6.45) is 1.65. The van der Waals surface area contributed by atoms with E-state index in [-0.39, 0.29) is 16.1 Å². The molecule has 0 aliphatic carbocycles. The van der Waals surface area contributed by atoms with E-state index in [0.29, 0.717) is 0 Å². The lowest BCUT2D eigenvalue weighted by Crippen LogP contribution is -2.28. The molecule has 1 amide bonds. The molecule has 0 saturated carbocycles. The molecule has 1 aromatic heterocycles. The third kappa shape index (κ3) is 3.17. The van der Waals surface area contributed by atoms with Gasteiger partial charge in [-0.05, 0) is 47.1 Å². The Hall–Kier alpha value is -1.75. The molecular weight excluding hydrogens is 311 g/mol. The van der Waals surface area contributed by atoms with Crippen LogP contribution in [0.5, 0.6) is 0 Å². The van der Waals surface area contributed by atoms with Crippen LogP contribution in [0.3, 0.4) is 0 Å². The lowest BCUT2D eigenvalue weighted by molar-refractivity contribution is 0.0935. The Morgan fingerprint density at radius 1 is 1.32 bits per heavy atom. The molecule has 3 nitrogen and oxygen atoms in total. The van der Waals surface area contributed by atoms with Crippen molar-refractivity contribution in [2.75, 3.05) is 0 Å². The van der Waals surface area contributed by atoms with Crippen LogP contribution in [-0.4, -0.2) is 10.9 Å². The molecule has 1 unspecified atom stereocenters. The van der Waals surface area contributed by atoms with Crippen molar-refractivity contribution in [2.45, 2.75) is 13.0 Å². The quantitative estimate of drug-likeness (QED) is 0.940. The largest absolute Gasteiger partial charge is 0.344 e. The number of rotatable bonds is 3. The Bertz CT molecular complexity index is 589. The van der Waals surface area contributed by atoms with Gasteiger partial charge in [0, 0.05) is 6.20 Å². The Morgan fingerprint density at radius 3 is 2.79 bits per heavy atom. The van der Waals surface area contributed by atoms with E-state index in [9.17, 15) is 9.18 Å². The van der Waals surface area contributed by atoms with Gasteiger partial charge in [-0.1, -0.05) is 12.1 Å². The summed E-state index contributed by atoms with van der Waals surface area (Å²) in [7, 11) is 0. The van der Waals surface area contributed by atoms with Gasteiger partial charge in [-0.3, -0.25) is 9.78 Å². The number of pyridine rings is 1. The van der Waals surface area contributed by atoms with Crippen LogP contribution >= 0.6 is 15.9 Å². The van der Waals surface area contributed by atoms with Crippen molar-refractivity contribution >= 4 is 21.8 Å². The molecule has 1 heterocycles. The minimum atomic E-state index is -0.562. The van der Waals surface area contributed by atoms with Crippen molar-refractivity contribution in [1.82, 2.24) is 10.3 Å². The van der Waals surface area contributed by atoms with Gasteiger partial charge in [-0.2, -0.15) is 0 Å². The van der Waals surface area contributed by atoms with Gasteiger partial charge in [-0.15, -0.1) is 0 Å². The molecule has 1 atom stereocenters. The van der Waals surface area contributed by atoms with Crippen LogP contribution in [0.25, 0.3) is 0 Å². The van der Waals surface area contributed by atoms with E-state index in [2.05, 4.69) is 26.2 Å². The van der Waals surface area contributed by atoms with E-state index >= 15 is 0 Å². The van der Waals surface area contributed by atoms with E-state index in [0.717, 1.165) is 5.69 Å². The molecule has 0 bridgehead atoms. The first kappa shape index (κ1) is 13.7. The van der Waals surface area contributed by atoms with Crippen LogP contribution in [0.4, 0.5) is 4.39 Å². The van der Waals surface area contributed by atoms with Gasteiger partial charge in [0.05, 0.1) is 21.8 Å². The zero-order chi connectivity index (χ0) is 13.8. The second-order valence-corrected chi connectivity index (χ2v) is 4.91. The summed E-state index contributed by atoms with van der Waals surface area (Å²) >= 11 is 3.06. The zero-order valence-electron chi connectivity index (χ0n) is 10.2. The fraction of sp³-hybridized carbons (Fsp3) is 0.143. The molecule has 19 heavy (non-hydrogen) atoms. The first-order valence-corrected chi connectivity index (χ1v) is 6.54. The molecule has 98 valence electrons. The Kier molecular flexibility index (Phi) is 4.27. The van der Waals surface area contributed by atoms with Gasteiger partial charge in [0.1, 0.15) is 5.82 Å². The summed E-state index contributed by atoms with van der Waals surface area (Å²) in [6.45, 7) is 1.80. The summed E-state index contributed by atoms with van der Waals surface area (Å²) < 4.78 is 14.1. The fourth-order valence-corrected chi connectivity index (χ4v) is 2.03. The van der Waals surface area contributed by atoms with Gasteiger partial charge in [-0.25, -0.2) is 4.39 Å². The Balaban J connectivity index is 2.16. The lowest BCUT2D eigenvalue weighted by atomic mass is 10.1. The van der Waals surface area contributed by atoms with Crippen LogP contribution in [-0.2, 0) is 0 Å². The first-order chi connectivity index (χ1) is 9.09. The molecule has 1 N–H and O–H groups in total. The molecule has 0 spiro atoms. The molecular formula is C14H12BrFN2O. The van der Waals surface area contributed by atoms with Crippen molar-refractivity contribution in [3.8, 4) is 0 Å². The minimum Gasteiger partial charge on any atom is -0.344 e. The summed E-state index contributed by atoms with van der Waals surface area (Å²) in [5.41, 5.74) is 0.739. The maximum absolute atomic E-state index is 13.8. The van der Waals surface area contributed by atoms with E-state index < -0.39 is 11.7 Å². The van der Waals surface area contributed by atoms with Gasteiger partial charge in [0.2, 0.25) is 0 Å². The monoisotopic (exact) mass is 322 g/mol. The molecule has 0 aliphatic heterocycles. The summed E-state index contributed by atoms with van der Waals surface area (Å²) in [5, 5.41) is 2.72. The van der Waals surface area contributed by atoms with E-state index in [1.807, 2.05) is 12.1 Å². The highest BCUT2D eigenvalue weighted by Gasteiger charge is 2.16. The lowest BCUT2D eigenvalue weighted by Gasteiger charge is -2.13.